The summed E-state index contributed by atoms with van der Waals surface area (Å²) in [6.45, 7) is 4.51. The first-order valence-corrected chi connectivity index (χ1v) is 14.7. The molecule has 1 aliphatic heterocycles. The van der Waals surface area contributed by atoms with Gasteiger partial charge in [0, 0.05) is 55.7 Å². The minimum Gasteiger partial charge on any atom is -0.369 e. The number of nitrogens with two attached hydrogens (primary N) is 1. The van der Waals surface area contributed by atoms with Gasteiger partial charge in [-0.15, -0.1) is 5.10 Å². The summed E-state index contributed by atoms with van der Waals surface area (Å²) in [6.07, 6.45) is 15.5. The molecule has 3 fully saturated rings. The molecule has 7 rings (SSSR count). The zero-order chi connectivity index (χ0) is 25.5. The number of anilines is 4. The Balaban J connectivity index is 0.977. The van der Waals surface area contributed by atoms with E-state index in [1.165, 1.54) is 81.2 Å². The second-order valence-electron chi connectivity index (χ2n) is 11.6. The largest absolute Gasteiger partial charge is 0.369 e. The Morgan fingerprint density at radius 2 is 1.55 bits per heavy atom. The van der Waals surface area contributed by atoms with Crippen LogP contribution in [0.5, 0.6) is 0 Å². The Labute approximate surface area is 224 Å². The molecule has 9 heteroatoms. The maximum absolute atomic E-state index is 6.21. The van der Waals surface area contributed by atoms with E-state index in [-0.39, 0.29) is 5.95 Å². The molecule has 3 aliphatic carbocycles. The van der Waals surface area contributed by atoms with E-state index in [1.807, 2.05) is 6.20 Å². The molecule has 9 nitrogen and oxygen atoms in total. The van der Waals surface area contributed by atoms with Crippen molar-refractivity contribution in [1.29, 1.82) is 0 Å². The van der Waals surface area contributed by atoms with Crippen molar-refractivity contribution in [2.75, 3.05) is 42.1 Å². The molecule has 0 spiro atoms. The first-order chi connectivity index (χ1) is 18.7. The third-order valence-electron chi connectivity index (χ3n) is 9.31. The van der Waals surface area contributed by atoms with Gasteiger partial charge in [-0.2, -0.15) is 9.67 Å². The molecule has 2 unspecified atom stereocenters. The average molecular weight is 514 g/mol. The van der Waals surface area contributed by atoms with E-state index in [1.54, 1.807) is 4.68 Å². The van der Waals surface area contributed by atoms with E-state index >= 15 is 0 Å². The Morgan fingerprint density at radius 3 is 2.34 bits per heavy atom. The SMILES string of the molecule is Nc1nc(Nc2ccc(N3CCN(C4CCCCCCC4)CC3)cc2)nn1-c1ncc2c(n1)C1CCC2C1. The first-order valence-electron chi connectivity index (χ1n) is 14.7. The molecule has 38 heavy (non-hydrogen) atoms. The van der Waals surface area contributed by atoms with Crippen molar-refractivity contribution in [3.05, 3.63) is 41.7 Å². The molecule has 3 heterocycles. The van der Waals surface area contributed by atoms with E-state index in [2.05, 4.69) is 54.4 Å². The van der Waals surface area contributed by atoms with Crippen molar-refractivity contribution < 1.29 is 0 Å². The van der Waals surface area contributed by atoms with Crippen LogP contribution in [0.15, 0.2) is 30.5 Å². The summed E-state index contributed by atoms with van der Waals surface area (Å²) < 4.78 is 1.54. The van der Waals surface area contributed by atoms with E-state index in [0.717, 1.165) is 37.9 Å². The molecule has 200 valence electrons. The highest BCUT2D eigenvalue weighted by Gasteiger charge is 2.38. The second kappa shape index (κ2) is 10.2. The van der Waals surface area contributed by atoms with Crippen molar-refractivity contribution in [3.8, 4) is 5.95 Å². The molecular formula is C29H39N9. The highest BCUT2D eigenvalue weighted by molar-refractivity contribution is 5.60. The topological polar surface area (TPSA) is 101 Å². The fourth-order valence-corrected chi connectivity index (χ4v) is 7.20. The number of benzene rings is 1. The lowest BCUT2D eigenvalue weighted by molar-refractivity contribution is 0.157. The number of nitrogens with zero attached hydrogens (tertiary/aromatic N) is 7. The number of rotatable bonds is 5. The van der Waals surface area contributed by atoms with Gasteiger partial charge in [0.25, 0.3) is 5.95 Å². The zero-order valence-corrected chi connectivity index (χ0v) is 22.2. The van der Waals surface area contributed by atoms with Crippen molar-refractivity contribution >= 4 is 23.3 Å². The molecule has 2 aromatic heterocycles. The van der Waals surface area contributed by atoms with Crippen LogP contribution in [0.4, 0.5) is 23.3 Å². The van der Waals surface area contributed by atoms with Crippen LogP contribution >= 0.6 is 0 Å². The lowest BCUT2D eigenvalue weighted by Crippen LogP contribution is -2.50. The summed E-state index contributed by atoms with van der Waals surface area (Å²) in [6, 6.07) is 9.35. The van der Waals surface area contributed by atoms with Gasteiger partial charge in [-0.3, -0.25) is 4.90 Å². The van der Waals surface area contributed by atoms with Crippen molar-refractivity contribution in [3.63, 3.8) is 0 Å². The fraction of sp³-hybridized carbons (Fsp3) is 0.586. The summed E-state index contributed by atoms with van der Waals surface area (Å²) in [5, 5.41) is 7.87. The smallest absolute Gasteiger partial charge is 0.254 e. The normalized spacial score (nSPS) is 24.3. The summed E-state index contributed by atoms with van der Waals surface area (Å²) in [7, 11) is 0. The predicted octanol–water partition coefficient (Wildman–Crippen LogP) is 4.98. The standard InChI is InChI=1S/C29H39N9/c30-27-34-28(35-38(27)29-31-19-25-20-8-9-21(18-20)26(25)33-29)32-22-10-12-24(13-11-22)37-16-14-36(15-17-37)23-6-4-2-1-3-5-7-23/h10-13,19-21,23H,1-9,14-18H2,(H3,30,32,34,35). The minimum absolute atomic E-state index is 0.286. The Bertz CT molecular complexity index is 1250. The fourth-order valence-electron chi connectivity index (χ4n) is 7.20. The Kier molecular flexibility index (Phi) is 6.39. The number of fused-ring (bicyclic) bond motifs is 5. The van der Waals surface area contributed by atoms with Crippen LogP contribution in [-0.4, -0.2) is 61.9 Å². The van der Waals surface area contributed by atoms with E-state index in [9.17, 15) is 0 Å². The van der Waals surface area contributed by atoms with E-state index < -0.39 is 0 Å². The van der Waals surface area contributed by atoms with Crippen LogP contribution in [0, 0.1) is 0 Å². The van der Waals surface area contributed by atoms with Crippen LogP contribution in [0.2, 0.25) is 0 Å². The number of hydrogen-bond acceptors (Lipinski definition) is 8. The third-order valence-corrected chi connectivity index (χ3v) is 9.31. The van der Waals surface area contributed by atoms with Crippen LogP contribution in [-0.2, 0) is 0 Å². The van der Waals surface area contributed by atoms with E-state index in [0.29, 0.717) is 23.7 Å². The zero-order valence-electron chi connectivity index (χ0n) is 22.2. The highest BCUT2D eigenvalue weighted by atomic mass is 15.5. The van der Waals surface area contributed by atoms with Gasteiger partial charge in [0.1, 0.15) is 0 Å². The van der Waals surface area contributed by atoms with Crippen molar-refractivity contribution in [2.45, 2.75) is 82.1 Å². The van der Waals surface area contributed by atoms with Crippen molar-refractivity contribution in [2.24, 2.45) is 0 Å². The molecule has 2 bridgehead atoms. The van der Waals surface area contributed by atoms with Gasteiger partial charge in [0.2, 0.25) is 11.9 Å². The number of piperazine rings is 1. The molecule has 2 saturated carbocycles. The second-order valence-corrected chi connectivity index (χ2v) is 11.6. The monoisotopic (exact) mass is 513 g/mol. The van der Waals surface area contributed by atoms with Gasteiger partial charge in [0.05, 0.1) is 5.69 Å². The molecule has 0 radical (unpaired) electrons. The van der Waals surface area contributed by atoms with Crippen LogP contribution in [0.1, 0.15) is 87.3 Å². The van der Waals surface area contributed by atoms with E-state index in [4.69, 9.17) is 10.7 Å². The van der Waals surface area contributed by atoms with Crippen LogP contribution in [0.3, 0.4) is 0 Å². The lowest BCUT2D eigenvalue weighted by atomic mass is 9.95. The molecule has 2 atom stereocenters. The summed E-state index contributed by atoms with van der Waals surface area (Å²) in [5.41, 5.74) is 10.9. The summed E-state index contributed by atoms with van der Waals surface area (Å²) in [4.78, 5) is 19.1. The molecule has 1 aromatic carbocycles. The number of aromatic nitrogens is 5. The maximum Gasteiger partial charge on any atom is 0.254 e. The molecule has 0 amide bonds. The van der Waals surface area contributed by atoms with Crippen molar-refractivity contribution in [1.82, 2.24) is 29.6 Å². The average Bonchev–Trinajstić information content (AvgIpc) is 3.64. The quantitative estimate of drug-likeness (QED) is 0.493. The van der Waals surface area contributed by atoms with Gasteiger partial charge in [-0.25, -0.2) is 9.97 Å². The Hall–Kier alpha value is -3.20. The van der Waals surface area contributed by atoms with Gasteiger partial charge in [-0.1, -0.05) is 32.1 Å². The third kappa shape index (κ3) is 4.61. The first kappa shape index (κ1) is 23.9. The maximum atomic E-state index is 6.21. The molecule has 1 saturated heterocycles. The summed E-state index contributed by atoms with van der Waals surface area (Å²) >= 11 is 0. The number of nitrogen functional groups attached to an aromatic ring is 1. The van der Waals surface area contributed by atoms with Gasteiger partial charge >= 0.3 is 0 Å². The highest BCUT2D eigenvalue weighted by Crippen LogP contribution is 2.51. The number of hydrogen-bond donors (Lipinski definition) is 2. The molecule has 3 N–H and O–H groups in total. The predicted molar refractivity (Wildman–Crippen MR) is 150 cm³/mol. The molecule has 3 aromatic rings. The number of nitrogens with one attached hydrogen (secondary N) is 1. The van der Waals surface area contributed by atoms with Crippen LogP contribution < -0.4 is 16.0 Å². The molecule has 4 aliphatic rings. The Morgan fingerprint density at radius 1 is 0.816 bits per heavy atom. The van der Waals surface area contributed by atoms with Gasteiger partial charge in [-0.05, 0) is 67.9 Å². The summed E-state index contributed by atoms with van der Waals surface area (Å²) in [5.74, 6) is 2.43. The lowest BCUT2D eigenvalue weighted by Gasteiger charge is -2.41. The minimum atomic E-state index is 0.286. The van der Waals surface area contributed by atoms with Gasteiger partial charge in [0.15, 0.2) is 0 Å². The van der Waals surface area contributed by atoms with Crippen LogP contribution in [0.25, 0.3) is 5.95 Å². The van der Waals surface area contributed by atoms with Gasteiger partial charge < -0.3 is 16.0 Å². The molecular weight excluding hydrogens is 474 g/mol.